The molecule has 0 aliphatic rings. The Kier molecular flexibility index (Phi) is 3.70. The smallest absolute Gasteiger partial charge is 0.210 e. The highest BCUT2D eigenvalue weighted by molar-refractivity contribution is 7.12. The maximum atomic E-state index is 13.3. The van der Waals surface area contributed by atoms with Gasteiger partial charge in [-0.1, -0.05) is 6.07 Å². The first-order valence-electron chi connectivity index (χ1n) is 5.10. The van der Waals surface area contributed by atoms with Crippen LogP contribution in [0.15, 0.2) is 35.7 Å². The summed E-state index contributed by atoms with van der Waals surface area (Å²) in [6, 6.07) is 9.07. The van der Waals surface area contributed by atoms with E-state index in [1.165, 1.54) is 23.5 Å². The maximum Gasteiger partial charge on any atom is 0.210 e. The maximum absolute atomic E-state index is 13.3. The van der Waals surface area contributed by atoms with Gasteiger partial charge in [0.15, 0.2) is 6.61 Å². The van der Waals surface area contributed by atoms with Gasteiger partial charge in [-0.3, -0.25) is 4.79 Å². The number of hydrogen-bond donors (Lipinski definition) is 0. The molecule has 90 valence electrons. The molecule has 0 aliphatic carbocycles. The molecule has 0 atom stereocenters. The molecule has 0 amide bonds. The Morgan fingerprint density at radius 3 is 2.89 bits per heavy atom. The van der Waals surface area contributed by atoms with Gasteiger partial charge in [-0.25, -0.2) is 4.39 Å². The zero-order valence-corrected chi connectivity index (χ0v) is 10.0. The summed E-state index contributed by atoms with van der Waals surface area (Å²) in [5.41, 5.74) is -0.0491. The lowest BCUT2D eigenvalue weighted by atomic mass is 10.2. The fraction of sp³-hybridized carbons (Fsp3) is 0.0769. The molecule has 5 heteroatoms. The predicted octanol–water partition coefficient (Wildman–Crippen LogP) is 3.02. The first-order valence-corrected chi connectivity index (χ1v) is 5.98. The minimum atomic E-state index is -0.654. The number of rotatable bonds is 4. The zero-order valence-electron chi connectivity index (χ0n) is 9.22. The highest BCUT2D eigenvalue weighted by Crippen LogP contribution is 2.17. The van der Waals surface area contributed by atoms with Gasteiger partial charge in [-0.15, -0.1) is 11.3 Å². The van der Waals surface area contributed by atoms with Gasteiger partial charge in [0.1, 0.15) is 17.6 Å². The number of hydrogen-bond acceptors (Lipinski definition) is 4. The molecular formula is C13H8FNO2S. The standard InChI is InChI=1S/C13H8FNO2S/c14-11-6-10(4-3-9(11)7-15)17-8-12(16)13-2-1-5-18-13/h1-6H,8H2. The number of ketones is 1. The molecular weight excluding hydrogens is 253 g/mol. The number of halogens is 1. The quantitative estimate of drug-likeness (QED) is 0.795. The summed E-state index contributed by atoms with van der Waals surface area (Å²) in [4.78, 5) is 12.2. The number of carbonyl (C=O) groups is 1. The van der Waals surface area contributed by atoms with Crippen LogP contribution in [0.2, 0.25) is 0 Å². The molecule has 0 bridgehead atoms. The summed E-state index contributed by atoms with van der Waals surface area (Å²) in [5.74, 6) is -0.579. The Hall–Kier alpha value is -2.19. The zero-order chi connectivity index (χ0) is 13.0. The van der Waals surface area contributed by atoms with Gasteiger partial charge < -0.3 is 4.74 Å². The van der Waals surface area contributed by atoms with Crippen LogP contribution in [0.4, 0.5) is 4.39 Å². The number of nitriles is 1. The molecule has 1 aromatic carbocycles. The lowest BCUT2D eigenvalue weighted by molar-refractivity contribution is 0.0925. The van der Waals surface area contributed by atoms with Gasteiger partial charge in [0.2, 0.25) is 5.78 Å². The highest BCUT2D eigenvalue weighted by atomic mass is 32.1. The minimum Gasteiger partial charge on any atom is -0.485 e. The van der Waals surface area contributed by atoms with Crippen LogP contribution in [-0.2, 0) is 0 Å². The number of ether oxygens (including phenoxy) is 1. The number of Topliss-reactive ketones (excluding diaryl/α,β-unsaturated/α-hetero) is 1. The molecule has 0 saturated heterocycles. The molecule has 18 heavy (non-hydrogen) atoms. The summed E-state index contributed by atoms with van der Waals surface area (Å²) >= 11 is 1.33. The number of nitrogens with zero attached hydrogens (tertiary/aromatic N) is 1. The Labute approximate surface area is 107 Å². The van der Waals surface area contributed by atoms with Crippen LogP contribution in [-0.4, -0.2) is 12.4 Å². The van der Waals surface area contributed by atoms with Crippen LogP contribution in [0.3, 0.4) is 0 Å². The van der Waals surface area contributed by atoms with Crippen molar-refractivity contribution >= 4 is 17.1 Å². The van der Waals surface area contributed by atoms with Crippen LogP contribution >= 0.6 is 11.3 Å². The lowest BCUT2D eigenvalue weighted by Gasteiger charge is -2.04. The van der Waals surface area contributed by atoms with E-state index in [-0.39, 0.29) is 23.7 Å². The fourth-order valence-corrected chi connectivity index (χ4v) is 1.98. The van der Waals surface area contributed by atoms with E-state index in [4.69, 9.17) is 10.00 Å². The van der Waals surface area contributed by atoms with Gasteiger partial charge in [0.05, 0.1) is 10.4 Å². The second-order valence-corrected chi connectivity index (χ2v) is 4.39. The van der Waals surface area contributed by atoms with Crippen LogP contribution in [0.5, 0.6) is 5.75 Å². The van der Waals surface area contributed by atoms with Crippen molar-refractivity contribution in [1.29, 1.82) is 5.26 Å². The molecule has 3 nitrogen and oxygen atoms in total. The summed E-state index contributed by atoms with van der Waals surface area (Å²) in [6.45, 7) is -0.147. The van der Waals surface area contributed by atoms with Crippen molar-refractivity contribution in [2.45, 2.75) is 0 Å². The van der Waals surface area contributed by atoms with E-state index in [9.17, 15) is 9.18 Å². The summed E-state index contributed by atoms with van der Waals surface area (Å²) < 4.78 is 18.4. The molecule has 1 aromatic heterocycles. The molecule has 2 rings (SSSR count). The van der Waals surface area contributed by atoms with Crippen molar-refractivity contribution < 1.29 is 13.9 Å². The van der Waals surface area contributed by atoms with Crippen LogP contribution in [0.25, 0.3) is 0 Å². The topological polar surface area (TPSA) is 50.1 Å². The van der Waals surface area contributed by atoms with Crippen LogP contribution in [0, 0.1) is 17.1 Å². The first kappa shape index (κ1) is 12.3. The molecule has 0 saturated carbocycles. The van der Waals surface area contributed by atoms with Crippen molar-refractivity contribution in [3.63, 3.8) is 0 Å². The first-order chi connectivity index (χ1) is 8.70. The van der Waals surface area contributed by atoms with E-state index in [1.807, 2.05) is 0 Å². The summed E-state index contributed by atoms with van der Waals surface area (Å²) in [6.07, 6.45) is 0. The van der Waals surface area contributed by atoms with E-state index >= 15 is 0 Å². The van der Waals surface area contributed by atoms with Crippen molar-refractivity contribution in [1.82, 2.24) is 0 Å². The predicted molar refractivity (Wildman–Crippen MR) is 65.3 cm³/mol. The number of thiophene rings is 1. The van der Waals surface area contributed by atoms with E-state index < -0.39 is 5.82 Å². The highest BCUT2D eigenvalue weighted by Gasteiger charge is 2.09. The Morgan fingerprint density at radius 1 is 1.44 bits per heavy atom. The average molecular weight is 261 g/mol. The third kappa shape index (κ3) is 2.73. The van der Waals surface area contributed by atoms with Gasteiger partial charge >= 0.3 is 0 Å². The Bertz CT molecular complexity index is 602. The third-order valence-electron chi connectivity index (χ3n) is 2.23. The van der Waals surface area contributed by atoms with Crippen molar-refractivity contribution in [2.24, 2.45) is 0 Å². The van der Waals surface area contributed by atoms with E-state index in [0.29, 0.717) is 4.88 Å². The summed E-state index contributed by atoms with van der Waals surface area (Å²) in [5, 5.41) is 10.4. The van der Waals surface area contributed by atoms with Gasteiger partial charge in [0, 0.05) is 6.07 Å². The average Bonchev–Trinajstić information content (AvgIpc) is 2.90. The van der Waals surface area contributed by atoms with Gasteiger partial charge in [-0.2, -0.15) is 5.26 Å². The second kappa shape index (κ2) is 5.43. The fourth-order valence-electron chi connectivity index (χ4n) is 1.33. The van der Waals surface area contributed by atoms with E-state index in [1.54, 1.807) is 23.6 Å². The largest absolute Gasteiger partial charge is 0.485 e. The van der Waals surface area contributed by atoms with Crippen molar-refractivity contribution in [3.8, 4) is 11.8 Å². The lowest BCUT2D eigenvalue weighted by Crippen LogP contribution is -2.10. The molecule has 0 fully saturated rings. The molecule has 0 unspecified atom stereocenters. The molecule has 0 spiro atoms. The monoisotopic (exact) mass is 261 g/mol. The molecule has 0 N–H and O–H groups in total. The SMILES string of the molecule is N#Cc1ccc(OCC(=O)c2cccs2)cc1F. The van der Waals surface area contributed by atoms with Crippen molar-refractivity contribution in [2.75, 3.05) is 6.61 Å². The van der Waals surface area contributed by atoms with Crippen LogP contribution < -0.4 is 4.74 Å². The molecule has 0 aliphatic heterocycles. The van der Waals surface area contributed by atoms with Crippen molar-refractivity contribution in [3.05, 3.63) is 52.0 Å². The van der Waals surface area contributed by atoms with E-state index in [2.05, 4.69) is 0 Å². The normalized spacial score (nSPS) is 9.78. The Morgan fingerprint density at radius 2 is 2.28 bits per heavy atom. The molecule has 1 heterocycles. The van der Waals surface area contributed by atoms with Crippen LogP contribution in [0.1, 0.15) is 15.2 Å². The number of carbonyl (C=O) groups excluding carboxylic acids is 1. The second-order valence-electron chi connectivity index (χ2n) is 3.44. The number of benzene rings is 1. The summed E-state index contributed by atoms with van der Waals surface area (Å²) in [7, 11) is 0. The molecule has 0 radical (unpaired) electrons. The molecule has 2 aromatic rings. The third-order valence-corrected chi connectivity index (χ3v) is 3.14. The minimum absolute atomic E-state index is 0.0491. The Balaban J connectivity index is 2.01. The van der Waals surface area contributed by atoms with Gasteiger partial charge in [-0.05, 0) is 23.6 Å². The van der Waals surface area contributed by atoms with Gasteiger partial charge in [0.25, 0.3) is 0 Å². The van der Waals surface area contributed by atoms with E-state index in [0.717, 1.165) is 6.07 Å².